The van der Waals surface area contributed by atoms with Gasteiger partial charge in [-0.05, 0) is 69.0 Å². The highest BCUT2D eigenvalue weighted by Crippen LogP contribution is 2.45. The normalized spacial score (nSPS) is 29.9. The number of nitrogens with zero attached hydrogens (tertiary/aromatic N) is 4. The first-order valence-corrected chi connectivity index (χ1v) is 12.4. The third-order valence-electron chi connectivity index (χ3n) is 7.97. The second-order valence-corrected chi connectivity index (χ2v) is 9.94. The number of aryl methyl sites for hydroxylation is 1. The van der Waals surface area contributed by atoms with Crippen LogP contribution in [-0.4, -0.2) is 57.6 Å². The predicted octanol–water partition coefficient (Wildman–Crippen LogP) is 4.07. The average Bonchev–Trinajstić information content (AvgIpc) is 3.51. The highest BCUT2D eigenvalue weighted by atomic mass is 16.5. The van der Waals surface area contributed by atoms with Gasteiger partial charge in [0.15, 0.2) is 5.76 Å². The number of hydrogen-bond acceptors (Lipinski definition) is 6. The molecule has 32 heavy (non-hydrogen) atoms. The van der Waals surface area contributed by atoms with Crippen LogP contribution in [0.4, 0.5) is 0 Å². The zero-order valence-corrected chi connectivity index (χ0v) is 18.6. The van der Waals surface area contributed by atoms with Crippen molar-refractivity contribution in [2.24, 2.45) is 11.8 Å². The number of hydrogen-bond donors (Lipinski definition) is 0. The fourth-order valence-electron chi connectivity index (χ4n) is 6.65. The molecule has 3 aliphatic heterocycles. The summed E-state index contributed by atoms with van der Waals surface area (Å²) in [6.07, 6.45) is 13.6. The molecular formula is C25H32N4O3. The van der Waals surface area contributed by atoms with Crippen molar-refractivity contribution in [3.63, 3.8) is 0 Å². The summed E-state index contributed by atoms with van der Waals surface area (Å²) in [5.74, 6) is 3.22. The second kappa shape index (κ2) is 8.50. The third kappa shape index (κ3) is 3.70. The maximum Gasteiger partial charge on any atom is 0.238 e. The highest BCUT2D eigenvalue weighted by Gasteiger charge is 2.46. The second-order valence-electron chi connectivity index (χ2n) is 9.94. The molecule has 3 saturated heterocycles. The van der Waals surface area contributed by atoms with Crippen LogP contribution in [0.25, 0.3) is 11.6 Å². The molecule has 2 aromatic rings. The average molecular weight is 437 g/mol. The van der Waals surface area contributed by atoms with Gasteiger partial charge in [0.1, 0.15) is 0 Å². The Morgan fingerprint density at radius 2 is 2.19 bits per heavy atom. The summed E-state index contributed by atoms with van der Waals surface area (Å²) in [7, 11) is 0. The van der Waals surface area contributed by atoms with Crippen LogP contribution < -0.4 is 0 Å². The quantitative estimate of drug-likeness (QED) is 0.658. The fourth-order valence-corrected chi connectivity index (χ4v) is 6.65. The Hall–Kier alpha value is -2.41. The van der Waals surface area contributed by atoms with Crippen LogP contribution in [0.1, 0.15) is 57.3 Å². The van der Waals surface area contributed by atoms with Gasteiger partial charge in [0.25, 0.3) is 0 Å². The van der Waals surface area contributed by atoms with Gasteiger partial charge in [-0.2, -0.15) is 4.98 Å². The van der Waals surface area contributed by atoms with Crippen LogP contribution in [0.3, 0.4) is 0 Å². The Morgan fingerprint density at radius 1 is 1.22 bits per heavy atom. The Morgan fingerprint density at radius 3 is 3.09 bits per heavy atom. The lowest BCUT2D eigenvalue weighted by Crippen LogP contribution is -2.60. The number of carbonyl (C=O) groups is 1. The first kappa shape index (κ1) is 20.2. The molecule has 2 unspecified atom stereocenters. The Bertz CT molecular complexity index is 981. The van der Waals surface area contributed by atoms with Gasteiger partial charge in [0.05, 0.1) is 12.3 Å². The number of aromatic nitrogens is 2. The number of furan rings is 1. The third-order valence-corrected chi connectivity index (χ3v) is 7.97. The summed E-state index contributed by atoms with van der Waals surface area (Å²) in [6.45, 7) is 3.31. The number of fused-ring (bicyclic) bond motifs is 6. The van der Waals surface area contributed by atoms with E-state index in [1.807, 2.05) is 6.07 Å². The van der Waals surface area contributed by atoms with E-state index in [0.29, 0.717) is 48.2 Å². The van der Waals surface area contributed by atoms with E-state index in [4.69, 9.17) is 8.94 Å². The summed E-state index contributed by atoms with van der Waals surface area (Å²) >= 11 is 0. The van der Waals surface area contributed by atoms with Gasteiger partial charge in [-0.15, -0.1) is 0 Å². The van der Waals surface area contributed by atoms with Gasteiger partial charge in [-0.3, -0.25) is 9.69 Å². The van der Waals surface area contributed by atoms with Crippen LogP contribution >= 0.6 is 0 Å². The minimum Gasteiger partial charge on any atom is -0.461 e. The molecule has 5 heterocycles. The number of carbonyl (C=O) groups excluding carboxylic acids is 1. The summed E-state index contributed by atoms with van der Waals surface area (Å²) in [6, 6.07) is 4.69. The van der Waals surface area contributed by atoms with E-state index in [9.17, 15) is 4.79 Å². The van der Waals surface area contributed by atoms with Crippen LogP contribution in [0.2, 0.25) is 0 Å². The zero-order valence-electron chi connectivity index (χ0n) is 18.6. The van der Waals surface area contributed by atoms with Crippen LogP contribution in [0.15, 0.2) is 39.0 Å². The SMILES string of the molecule is O=C(CCCc1nc(-c2ccco2)no1)N1CCCC2=CC3CC(CN4CCCC[C@H]34)[C@@H]21. The van der Waals surface area contributed by atoms with E-state index >= 15 is 0 Å². The van der Waals surface area contributed by atoms with Gasteiger partial charge in [0, 0.05) is 32.0 Å². The maximum atomic E-state index is 13.3. The maximum absolute atomic E-state index is 13.3. The summed E-state index contributed by atoms with van der Waals surface area (Å²) < 4.78 is 10.7. The monoisotopic (exact) mass is 436 g/mol. The lowest BCUT2D eigenvalue weighted by Gasteiger charge is -2.54. The Balaban J connectivity index is 1.10. The van der Waals surface area contributed by atoms with Crippen molar-refractivity contribution >= 4 is 5.91 Å². The van der Waals surface area contributed by atoms with Gasteiger partial charge in [0.2, 0.25) is 17.6 Å². The topological polar surface area (TPSA) is 75.6 Å². The van der Waals surface area contributed by atoms with Crippen LogP contribution in [-0.2, 0) is 11.2 Å². The summed E-state index contributed by atoms with van der Waals surface area (Å²) in [5.41, 5.74) is 1.55. The molecule has 170 valence electrons. The predicted molar refractivity (Wildman–Crippen MR) is 119 cm³/mol. The summed E-state index contributed by atoms with van der Waals surface area (Å²) in [4.78, 5) is 22.6. The molecule has 2 bridgehead atoms. The van der Waals surface area contributed by atoms with E-state index < -0.39 is 0 Å². The van der Waals surface area contributed by atoms with E-state index in [0.717, 1.165) is 25.4 Å². The molecule has 4 aliphatic rings. The van der Waals surface area contributed by atoms with Crippen molar-refractivity contribution in [3.8, 4) is 11.6 Å². The van der Waals surface area contributed by atoms with Gasteiger partial charge >= 0.3 is 0 Å². The number of likely N-dealkylation sites (tertiary alicyclic amines) is 1. The molecule has 0 aromatic carbocycles. The molecule has 7 nitrogen and oxygen atoms in total. The molecule has 0 radical (unpaired) electrons. The molecule has 7 heteroatoms. The van der Waals surface area contributed by atoms with E-state index in [1.54, 1.807) is 17.9 Å². The molecule has 4 atom stereocenters. The molecule has 1 aliphatic carbocycles. The van der Waals surface area contributed by atoms with Crippen LogP contribution in [0, 0.1) is 11.8 Å². The lowest BCUT2D eigenvalue weighted by atomic mass is 9.68. The minimum atomic E-state index is 0.283. The summed E-state index contributed by atoms with van der Waals surface area (Å²) in [5, 5.41) is 3.98. The standard InChI is InChI=1S/C25H32N4O3/c30-23(10-3-9-22-26-25(27-32-22)21-8-5-13-31-21)29-12-4-6-17-14-18-15-19(24(17)29)16-28-11-2-1-7-20(18)28/h5,8,13-14,18-20,24H,1-4,6-7,9-12,15-16H2/t18?,19?,20-,24-/m1/s1. The Kier molecular flexibility index (Phi) is 5.37. The van der Waals surface area contributed by atoms with Crippen molar-refractivity contribution in [2.75, 3.05) is 19.6 Å². The molecule has 2 aromatic heterocycles. The van der Waals surface area contributed by atoms with E-state index in [2.05, 4.69) is 26.0 Å². The molecule has 6 rings (SSSR count). The van der Waals surface area contributed by atoms with Gasteiger partial charge in [-0.1, -0.05) is 23.2 Å². The van der Waals surface area contributed by atoms with Crippen molar-refractivity contribution < 1.29 is 13.7 Å². The molecule has 0 N–H and O–H groups in total. The van der Waals surface area contributed by atoms with Crippen LogP contribution in [0.5, 0.6) is 0 Å². The number of rotatable bonds is 5. The van der Waals surface area contributed by atoms with Crippen molar-refractivity contribution in [2.45, 2.75) is 69.9 Å². The number of amides is 1. The van der Waals surface area contributed by atoms with Crippen molar-refractivity contribution in [1.82, 2.24) is 19.9 Å². The van der Waals surface area contributed by atoms with Crippen molar-refractivity contribution in [3.05, 3.63) is 35.9 Å². The van der Waals surface area contributed by atoms with Gasteiger partial charge < -0.3 is 13.8 Å². The number of piperidine rings is 3. The molecular weight excluding hydrogens is 404 g/mol. The molecule has 0 spiro atoms. The first-order chi connectivity index (χ1) is 15.8. The first-order valence-electron chi connectivity index (χ1n) is 12.4. The molecule has 0 saturated carbocycles. The lowest BCUT2D eigenvalue weighted by molar-refractivity contribution is -0.136. The molecule has 1 amide bonds. The van der Waals surface area contributed by atoms with E-state index in [-0.39, 0.29) is 5.91 Å². The minimum absolute atomic E-state index is 0.283. The molecule has 3 fully saturated rings. The smallest absolute Gasteiger partial charge is 0.238 e. The van der Waals surface area contributed by atoms with Gasteiger partial charge in [-0.25, -0.2) is 0 Å². The fraction of sp³-hybridized carbons (Fsp3) is 0.640. The largest absolute Gasteiger partial charge is 0.461 e. The Labute approximate surface area is 188 Å². The van der Waals surface area contributed by atoms with Crippen molar-refractivity contribution in [1.29, 1.82) is 0 Å². The highest BCUT2D eigenvalue weighted by molar-refractivity contribution is 5.77. The van der Waals surface area contributed by atoms with E-state index in [1.165, 1.54) is 45.2 Å². The zero-order chi connectivity index (χ0) is 21.5.